The summed E-state index contributed by atoms with van der Waals surface area (Å²) in [6.45, 7) is -0.118. The highest BCUT2D eigenvalue weighted by Gasteiger charge is 2.46. The summed E-state index contributed by atoms with van der Waals surface area (Å²) >= 11 is 0. The van der Waals surface area contributed by atoms with Crippen molar-refractivity contribution in [3.05, 3.63) is 29.3 Å². The minimum absolute atomic E-state index is 0.00951. The van der Waals surface area contributed by atoms with Crippen molar-refractivity contribution < 1.29 is 38.6 Å². The van der Waals surface area contributed by atoms with Gasteiger partial charge < -0.3 is 20.9 Å². The molecular weight excluding hydrogens is 436 g/mol. The topological polar surface area (TPSA) is 185 Å². The first kappa shape index (κ1) is 23.9. The van der Waals surface area contributed by atoms with Gasteiger partial charge in [0, 0.05) is 13.0 Å². The smallest absolute Gasteiger partial charge is 0.320 e. The van der Waals surface area contributed by atoms with E-state index >= 15 is 0 Å². The highest BCUT2D eigenvalue weighted by molar-refractivity contribution is 6.24. The molecule has 2 aliphatic heterocycles. The van der Waals surface area contributed by atoms with Gasteiger partial charge in [-0.3, -0.25) is 39.0 Å². The summed E-state index contributed by atoms with van der Waals surface area (Å²) in [4.78, 5) is 72.8. The number of hydrogen-bond donors (Lipinski definition) is 4. The largest absolute Gasteiger partial charge is 0.483 e. The number of benzene rings is 1. The molecule has 2 atom stereocenters. The number of rotatable bonds is 10. The van der Waals surface area contributed by atoms with Gasteiger partial charge in [-0.2, -0.15) is 0 Å². The lowest BCUT2D eigenvalue weighted by molar-refractivity contribution is -0.139. The SMILES string of the molecule is NC(CCCCNC(=O)COc1cccc2c1C(=O)N(C1CCC(=O)NC1=O)C2=O)C(=O)O. The first-order valence-electron chi connectivity index (χ1n) is 10.4. The van der Waals surface area contributed by atoms with Crippen LogP contribution in [0.1, 0.15) is 52.8 Å². The summed E-state index contributed by atoms with van der Waals surface area (Å²) in [6.07, 6.45) is 1.38. The first-order chi connectivity index (χ1) is 15.7. The molecule has 1 fully saturated rings. The van der Waals surface area contributed by atoms with Gasteiger partial charge in [0.1, 0.15) is 17.8 Å². The van der Waals surface area contributed by atoms with E-state index in [4.69, 9.17) is 15.6 Å². The van der Waals surface area contributed by atoms with Crippen LogP contribution in [0.25, 0.3) is 0 Å². The fourth-order valence-corrected chi connectivity index (χ4v) is 3.64. The van der Waals surface area contributed by atoms with Gasteiger partial charge in [0.25, 0.3) is 17.7 Å². The molecule has 12 heteroatoms. The Kier molecular flexibility index (Phi) is 7.38. The number of ether oxygens (including phenoxy) is 1. The van der Waals surface area contributed by atoms with Gasteiger partial charge >= 0.3 is 5.97 Å². The van der Waals surface area contributed by atoms with Crippen LogP contribution in [0.2, 0.25) is 0 Å². The van der Waals surface area contributed by atoms with Gasteiger partial charge in [0.2, 0.25) is 11.8 Å². The van der Waals surface area contributed by atoms with Crippen molar-refractivity contribution in [2.45, 2.75) is 44.2 Å². The molecule has 33 heavy (non-hydrogen) atoms. The third-order valence-corrected chi connectivity index (χ3v) is 5.37. The van der Waals surface area contributed by atoms with Crippen molar-refractivity contribution >= 4 is 35.5 Å². The van der Waals surface area contributed by atoms with Crippen molar-refractivity contribution in [3.8, 4) is 5.75 Å². The Morgan fingerprint density at radius 3 is 2.67 bits per heavy atom. The molecule has 5 amide bonds. The summed E-state index contributed by atoms with van der Waals surface area (Å²) in [7, 11) is 0. The molecule has 0 spiro atoms. The zero-order valence-electron chi connectivity index (χ0n) is 17.7. The van der Waals surface area contributed by atoms with Crippen LogP contribution in [-0.2, 0) is 19.2 Å². The maximum Gasteiger partial charge on any atom is 0.320 e. The van der Waals surface area contributed by atoms with E-state index < -0.39 is 54.2 Å². The lowest BCUT2D eigenvalue weighted by Gasteiger charge is -2.27. The number of carboxylic acids is 1. The number of nitrogens with one attached hydrogen (secondary N) is 2. The first-order valence-corrected chi connectivity index (χ1v) is 10.4. The van der Waals surface area contributed by atoms with E-state index in [9.17, 15) is 28.8 Å². The minimum atomic E-state index is -1.10. The Hall–Kier alpha value is -3.80. The van der Waals surface area contributed by atoms with Crippen LogP contribution < -0.4 is 21.1 Å². The molecule has 1 aromatic rings. The average molecular weight is 460 g/mol. The van der Waals surface area contributed by atoms with Crippen LogP contribution in [0.3, 0.4) is 0 Å². The number of fused-ring (bicyclic) bond motifs is 1. The number of hydrogen-bond acceptors (Lipinski definition) is 8. The quantitative estimate of drug-likeness (QED) is 0.255. The fraction of sp³-hybridized carbons (Fsp3) is 0.429. The fourth-order valence-electron chi connectivity index (χ4n) is 3.64. The number of carbonyl (C=O) groups is 6. The van der Waals surface area contributed by atoms with E-state index in [1.165, 1.54) is 18.2 Å². The summed E-state index contributed by atoms with van der Waals surface area (Å²) in [5.74, 6) is -4.09. The molecule has 0 aromatic heterocycles. The zero-order chi connectivity index (χ0) is 24.1. The number of piperidine rings is 1. The van der Waals surface area contributed by atoms with Gasteiger partial charge in [0.05, 0.1) is 11.1 Å². The molecule has 1 saturated heterocycles. The molecule has 0 aliphatic carbocycles. The molecule has 0 radical (unpaired) electrons. The second-order valence-electron chi connectivity index (χ2n) is 7.71. The molecule has 5 N–H and O–H groups in total. The Morgan fingerprint density at radius 1 is 1.21 bits per heavy atom. The van der Waals surface area contributed by atoms with Crippen LogP contribution in [0.4, 0.5) is 0 Å². The van der Waals surface area contributed by atoms with Crippen molar-refractivity contribution in [1.82, 2.24) is 15.5 Å². The number of carbonyl (C=O) groups excluding carboxylic acids is 5. The van der Waals surface area contributed by atoms with Crippen molar-refractivity contribution in [3.63, 3.8) is 0 Å². The summed E-state index contributed by atoms with van der Waals surface area (Å²) in [5, 5.41) is 13.5. The van der Waals surface area contributed by atoms with E-state index in [2.05, 4.69) is 10.6 Å². The Labute approximate surface area is 188 Å². The standard InChI is InChI=1S/C21H24N4O8/c22-12(21(31)32)5-1-2-9-23-16(27)10-33-14-6-3-4-11-17(14)20(30)25(19(11)29)13-7-8-15(26)24-18(13)28/h3-4,6,12-13H,1-2,5,7-10,22H2,(H,23,27)(H,31,32)(H,24,26,28). The summed E-state index contributed by atoms with van der Waals surface area (Å²) in [6, 6.07) is 2.33. The van der Waals surface area contributed by atoms with E-state index in [-0.39, 0.29) is 36.1 Å². The number of aliphatic carboxylic acids is 1. The number of nitrogens with zero attached hydrogens (tertiary/aromatic N) is 1. The van der Waals surface area contributed by atoms with Gasteiger partial charge in [-0.05, 0) is 37.8 Å². The Morgan fingerprint density at radius 2 is 1.97 bits per heavy atom. The molecule has 2 unspecified atom stereocenters. The van der Waals surface area contributed by atoms with E-state index in [0.29, 0.717) is 19.4 Å². The predicted molar refractivity (Wildman–Crippen MR) is 111 cm³/mol. The van der Waals surface area contributed by atoms with E-state index in [1.807, 2.05) is 0 Å². The molecule has 2 aliphatic rings. The second kappa shape index (κ2) is 10.2. The van der Waals surface area contributed by atoms with Gasteiger partial charge in [-0.25, -0.2) is 0 Å². The Bertz CT molecular complexity index is 1010. The Balaban J connectivity index is 1.56. The van der Waals surface area contributed by atoms with E-state index in [0.717, 1.165) is 4.90 Å². The molecule has 0 bridgehead atoms. The van der Waals surface area contributed by atoms with Crippen molar-refractivity contribution in [2.24, 2.45) is 5.73 Å². The minimum Gasteiger partial charge on any atom is -0.483 e. The average Bonchev–Trinajstić information content (AvgIpc) is 3.02. The van der Waals surface area contributed by atoms with Crippen molar-refractivity contribution in [1.29, 1.82) is 0 Å². The third kappa shape index (κ3) is 5.34. The molecule has 3 rings (SSSR count). The third-order valence-electron chi connectivity index (χ3n) is 5.37. The van der Waals surface area contributed by atoms with E-state index in [1.54, 1.807) is 0 Å². The van der Waals surface area contributed by atoms with Crippen LogP contribution in [-0.4, -0.2) is 70.7 Å². The maximum absolute atomic E-state index is 13.0. The van der Waals surface area contributed by atoms with Crippen LogP contribution >= 0.6 is 0 Å². The zero-order valence-corrected chi connectivity index (χ0v) is 17.7. The molecular formula is C21H24N4O8. The summed E-state index contributed by atoms with van der Waals surface area (Å²) < 4.78 is 5.47. The highest BCUT2D eigenvalue weighted by atomic mass is 16.5. The molecule has 176 valence electrons. The predicted octanol–water partition coefficient (Wildman–Crippen LogP) is -0.835. The normalized spacial score (nSPS) is 18.6. The van der Waals surface area contributed by atoms with Crippen LogP contribution in [0, 0.1) is 0 Å². The number of nitrogens with two attached hydrogens (primary N) is 1. The molecule has 1 aromatic carbocycles. The molecule has 12 nitrogen and oxygen atoms in total. The van der Waals surface area contributed by atoms with Gasteiger partial charge in [-0.1, -0.05) is 6.07 Å². The van der Waals surface area contributed by atoms with Crippen LogP contribution in [0.5, 0.6) is 5.75 Å². The lowest BCUT2D eigenvalue weighted by Crippen LogP contribution is -2.54. The number of unbranched alkanes of at least 4 members (excludes halogenated alkanes) is 1. The molecule has 2 heterocycles. The lowest BCUT2D eigenvalue weighted by atomic mass is 10.0. The second-order valence-corrected chi connectivity index (χ2v) is 7.71. The van der Waals surface area contributed by atoms with Gasteiger partial charge in [-0.15, -0.1) is 0 Å². The van der Waals surface area contributed by atoms with Crippen LogP contribution in [0.15, 0.2) is 18.2 Å². The highest BCUT2D eigenvalue weighted by Crippen LogP contribution is 2.33. The van der Waals surface area contributed by atoms with Gasteiger partial charge in [0.15, 0.2) is 6.61 Å². The molecule has 0 saturated carbocycles. The number of amides is 5. The van der Waals surface area contributed by atoms with Crippen molar-refractivity contribution in [2.75, 3.05) is 13.2 Å². The number of imide groups is 2. The maximum atomic E-state index is 13.0. The monoisotopic (exact) mass is 460 g/mol. The summed E-state index contributed by atoms with van der Waals surface area (Å²) in [5.41, 5.74) is 5.42. The number of carboxylic acid groups (broad SMARTS) is 1.